The van der Waals surface area contributed by atoms with Gasteiger partial charge in [0.25, 0.3) is 0 Å². The standard InChI is InChI=1S/C62H64Cl3NO14S/c1-41-28-31-48(32-29-41)81-60-52(66-61(70)75-40-62(63,64)65)55(78-51(68)33-30-42(2)67)54(50(77-60)39-72-35-44-20-10-4-11-21-44)80-59-57(79-58(69)47-26-16-7-17-27-47)56(74-37-46-24-14-6-15-25-46)53(73-36-45-22-12-5-13-23-45)49(76-59)38-71-34-43-18-8-3-9-19-43/h3-29,31-32,49-50,52-57,59-60H,30,33-40H2,1-2H3,(H,66,70)/t49-,50-,52-,53+,54-,55-,56+,57-,59+,60+/m1/s1. The Morgan fingerprint density at radius 2 is 1.05 bits per heavy atom. The lowest BCUT2D eigenvalue weighted by Gasteiger charge is -2.50. The first-order valence-electron chi connectivity index (χ1n) is 26.4. The van der Waals surface area contributed by atoms with Gasteiger partial charge in [0.15, 0.2) is 18.5 Å². The zero-order valence-corrected chi connectivity index (χ0v) is 47.7. The minimum Gasteiger partial charge on any atom is -0.457 e. The Morgan fingerprint density at radius 3 is 1.57 bits per heavy atom. The molecule has 2 heterocycles. The molecule has 6 aromatic rings. The van der Waals surface area contributed by atoms with Gasteiger partial charge in [-0.2, -0.15) is 0 Å². The van der Waals surface area contributed by atoms with Gasteiger partial charge in [-0.15, -0.1) is 0 Å². The van der Waals surface area contributed by atoms with Gasteiger partial charge in [-0.3, -0.25) is 4.79 Å². The fourth-order valence-corrected chi connectivity index (χ4v) is 10.3. The summed E-state index contributed by atoms with van der Waals surface area (Å²) in [6.45, 7) is 2.83. The lowest BCUT2D eigenvalue weighted by molar-refractivity contribution is -0.344. The van der Waals surface area contributed by atoms with Gasteiger partial charge in [0.05, 0.1) is 51.6 Å². The van der Waals surface area contributed by atoms with E-state index in [-0.39, 0.29) is 63.8 Å². The molecular formula is C62H64Cl3NO14S. The van der Waals surface area contributed by atoms with Crippen molar-refractivity contribution in [2.45, 2.75) is 122 Å². The molecule has 15 nitrogen and oxygen atoms in total. The van der Waals surface area contributed by atoms with Crippen LogP contribution < -0.4 is 5.32 Å². The second-order valence-corrected chi connectivity index (χ2v) is 23.1. The van der Waals surface area contributed by atoms with Gasteiger partial charge in [0.2, 0.25) is 3.79 Å². The third-order valence-corrected chi connectivity index (χ3v) is 14.5. The molecule has 0 spiro atoms. The van der Waals surface area contributed by atoms with Gasteiger partial charge in [-0.05, 0) is 60.4 Å². The summed E-state index contributed by atoms with van der Waals surface area (Å²) in [5.74, 6) is -1.81. The third-order valence-electron chi connectivity index (χ3n) is 13.0. The van der Waals surface area contributed by atoms with Gasteiger partial charge in [-0.1, -0.05) is 204 Å². The van der Waals surface area contributed by atoms with Crippen LogP contribution in [0.1, 0.15) is 57.9 Å². The van der Waals surface area contributed by atoms with Crippen LogP contribution in [0.3, 0.4) is 0 Å². The number of carbonyl (C=O) groups excluding carboxylic acids is 4. The Balaban J connectivity index is 1.25. The van der Waals surface area contributed by atoms with Crippen LogP contribution in [0.15, 0.2) is 181 Å². The number of aryl methyl sites for hydroxylation is 1. The quantitative estimate of drug-likeness (QED) is 0.0309. The van der Waals surface area contributed by atoms with Crippen molar-refractivity contribution < 1.29 is 66.5 Å². The molecule has 1 N–H and O–H groups in total. The summed E-state index contributed by atoms with van der Waals surface area (Å²) in [7, 11) is 0. The average Bonchev–Trinajstić information content (AvgIpc) is 3.64. The molecule has 0 aliphatic carbocycles. The van der Waals surface area contributed by atoms with Gasteiger partial charge in [0.1, 0.15) is 54.4 Å². The molecule has 0 unspecified atom stereocenters. The minimum absolute atomic E-state index is 0.0273. The SMILES string of the molecule is CC(=O)CCC(=O)O[C@@H]1[C@@H](NC(=O)OCC(Cl)(Cl)Cl)[C@H](Sc2ccc(C)cc2)O[C@H](COCc2ccccc2)[C@H]1O[C@@H]1O[C@H](COCc2ccccc2)[C@H](OCc2ccccc2)[C@H](OCc2ccccc2)[C@H]1OC(=O)c1ccccc1. The van der Waals surface area contributed by atoms with Gasteiger partial charge >= 0.3 is 18.0 Å². The third kappa shape index (κ3) is 19.4. The van der Waals surface area contributed by atoms with Gasteiger partial charge < -0.3 is 57.5 Å². The van der Waals surface area contributed by atoms with Gasteiger partial charge in [0, 0.05) is 11.3 Å². The largest absolute Gasteiger partial charge is 0.457 e. The van der Waals surface area contributed by atoms with E-state index in [0.717, 1.165) is 32.7 Å². The number of Topliss-reactive ketones (excluding diaryl/α,β-unsaturated/α-hetero) is 1. The Hall–Kier alpha value is -5.86. The fourth-order valence-electron chi connectivity index (χ4n) is 8.99. The lowest BCUT2D eigenvalue weighted by atomic mass is 9.95. The number of benzene rings is 6. The molecule has 2 fully saturated rings. The maximum atomic E-state index is 14.6. The number of alkyl carbamates (subject to hydrolysis) is 1. The van der Waals surface area contributed by atoms with Crippen molar-refractivity contribution >= 4 is 70.4 Å². The van der Waals surface area contributed by atoms with Crippen molar-refractivity contribution in [1.82, 2.24) is 5.32 Å². The number of thioether (sulfide) groups is 1. The topological polar surface area (TPSA) is 173 Å². The van der Waals surface area contributed by atoms with Crippen LogP contribution in [0.25, 0.3) is 0 Å². The minimum atomic E-state index is -1.99. The van der Waals surface area contributed by atoms with E-state index in [9.17, 15) is 19.2 Å². The second kappa shape index (κ2) is 31.0. The Kier molecular flexibility index (Phi) is 23.4. The molecule has 2 saturated heterocycles. The predicted molar refractivity (Wildman–Crippen MR) is 305 cm³/mol. The van der Waals surface area contributed by atoms with Crippen LogP contribution in [-0.2, 0) is 83.4 Å². The molecular weight excluding hydrogens is 1120 g/mol. The van der Waals surface area contributed by atoms with E-state index >= 15 is 0 Å². The molecule has 0 saturated carbocycles. The molecule has 2 aliphatic rings. The van der Waals surface area contributed by atoms with Crippen LogP contribution in [0.5, 0.6) is 0 Å². The molecule has 2 aliphatic heterocycles. The summed E-state index contributed by atoms with van der Waals surface area (Å²) in [6, 6.07) is 52.8. The summed E-state index contributed by atoms with van der Waals surface area (Å²) in [5.41, 5.74) is 3.52. The number of ketones is 1. The normalized spacial score (nSPS) is 22.7. The molecule has 0 aromatic heterocycles. The molecule has 10 atom stereocenters. The van der Waals surface area contributed by atoms with Crippen LogP contribution in [-0.4, -0.2) is 108 Å². The van der Waals surface area contributed by atoms with E-state index in [0.29, 0.717) is 0 Å². The van der Waals surface area contributed by atoms with E-state index in [1.807, 2.05) is 153 Å². The second-order valence-electron chi connectivity index (χ2n) is 19.4. The molecule has 1 amide bonds. The van der Waals surface area contributed by atoms with Crippen LogP contribution in [0.4, 0.5) is 4.79 Å². The number of halogens is 3. The van der Waals surface area contributed by atoms with Crippen LogP contribution in [0, 0.1) is 6.92 Å². The highest BCUT2D eigenvalue weighted by atomic mass is 35.6. The zero-order chi connectivity index (χ0) is 57.0. The Bertz CT molecular complexity index is 2880. The number of alkyl halides is 3. The molecule has 6 aromatic carbocycles. The van der Waals surface area contributed by atoms with Crippen LogP contribution >= 0.6 is 46.6 Å². The number of amides is 1. The van der Waals surface area contributed by atoms with Crippen molar-refractivity contribution in [2.24, 2.45) is 0 Å². The lowest BCUT2D eigenvalue weighted by Crippen LogP contribution is -2.68. The van der Waals surface area contributed by atoms with E-state index < -0.39 is 88.9 Å². The fraction of sp³-hybridized carbons (Fsp3) is 0.355. The summed E-state index contributed by atoms with van der Waals surface area (Å²) < 4.78 is 64.5. The highest BCUT2D eigenvalue weighted by Crippen LogP contribution is 2.40. The van der Waals surface area contributed by atoms with E-state index in [1.165, 1.54) is 18.7 Å². The smallest absolute Gasteiger partial charge is 0.407 e. The zero-order valence-electron chi connectivity index (χ0n) is 44.6. The van der Waals surface area contributed by atoms with Crippen molar-refractivity contribution in [3.05, 3.63) is 209 Å². The summed E-state index contributed by atoms with van der Waals surface area (Å²) in [4.78, 5) is 55.9. The first kappa shape index (κ1) is 61.2. The van der Waals surface area contributed by atoms with Crippen LogP contribution in [0.2, 0.25) is 0 Å². The highest BCUT2D eigenvalue weighted by Gasteiger charge is 2.56. The number of ether oxygens (including phenoxy) is 10. The molecule has 0 bridgehead atoms. The monoisotopic (exact) mass is 1180 g/mol. The van der Waals surface area contributed by atoms with E-state index in [1.54, 1.807) is 30.3 Å². The molecule has 0 radical (unpaired) electrons. The van der Waals surface area contributed by atoms with E-state index in [4.69, 9.17) is 82.2 Å². The maximum absolute atomic E-state index is 14.6. The molecule has 428 valence electrons. The van der Waals surface area contributed by atoms with Crippen molar-refractivity contribution in [3.8, 4) is 0 Å². The first-order chi connectivity index (χ1) is 39.2. The summed E-state index contributed by atoms with van der Waals surface area (Å²) in [6.07, 6.45) is -11.8. The number of hydrogen-bond donors (Lipinski definition) is 1. The molecule has 81 heavy (non-hydrogen) atoms. The maximum Gasteiger partial charge on any atom is 0.407 e. The number of nitrogens with one attached hydrogen (secondary N) is 1. The van der Waals surface area contributed by atoms with Crippen molar-refractivity contribution in [2.75, 3.05) is 19.8 Å². The van der Waals surface area contributed by atoms with Crippen molar-refractivity contribution in [3.63, 3.8) is 0 Å². The highest BCUT2D eigenvalue weighted by molar-refractivity contribution is 7.99. The van der Waals surface area contributed by atoms with Gasteiger partial charge in [-0.25, -0.2) is 9.59 Å². The number of esters is 2. The first-order valence-corrected chi connectivity index (χ1v) is 28.4. The Labute approximate surface area is 491 Å². The number of carbonyl (C=O) groups is 4. The van der Waals surface area contributed by atoms with E-state index in [2.05, 4.69) is 5.32 Å². The predicted octanol–water partition coefficient (Wildman–Crippen LogP) is 11.5. The number of rotatable bonds is 26. The number of hydrogen-bond acceptors (Lipinski definition) is 15. The summed E-state index contributed by atoms with van der Waals surface area (Å²) in [5, 5.41) is 2.83. The molecule has 8 rings (SSSR count). The average molecular weight is 1190 g/mol. The summed E-state index contributed by atoms with van der Waals surface area (Å²) >= 11 is 19.4. The Morgan fingerprint density at radius 1 is 0.556 bits per heavy atom. The van der Waals surface area contributed by atoms with Crippen molar-refractivity contribution in [1.29, 1.82) is 0 Å². The molecule has 19 heteroatoms.